The average Bonchev–Trinajstić information content (AvgIpc) is 2.61. The minimum Gasteiger partial charge on any atom is -0.477 e. The molecule has 144 valence electrons. The molecule has 1 N–H and O–H groups in total. The van der Waals surface area contributed by atoms with Crippen molar-refractivity contribution in [2.24, 2.45) is 0 Å². The predicted octanol–water partition coefficient (Wildman–Crippen LogP) is 3.24. The highest BCUT2D eigenvalue weighted by Crippen LogP contribution is 2.27. The molecule has 0 radical (unpaired) electrons. The lowest BCUT2D eigenvalue weighted by Gasteiger charge is -2.09. The minimum atomic E-state index is -2.88. The van der Waals surface area contributed by atoms with Gasteiger partial charge in [-0.2, -0.15) is 8.78 Å². The first-order chi connectivity index (χ1) is 12.8. The monoisotopic (exact) mass is 380 g/mol. The van der Waals surface area contributed by atoms with Gasteiger partial charge in [-0.3, -0.25) is 14.9 Å². The third-order valence-corrected chi connectivity index (χ3v) is 3.55. The molecular weight excluding hydrogens is 362 g/mol. The molecule has 9 heteroatoms. The molecule has 0 bridgehead atoms. The lowest BCUT2D eigenvalue weighted by molar-refractivity contribution is -0.385. The van der Waals surface area contributed by atoms with Gasteiger partial charge in [0.2, 0.25) is 0 Å². The minimum absolute atomic E-state index is 0.0235. The topological polar surface area (TPSA) is 90.7 Å². The summed E-state index contributed by atoms with van der Waals surface area (Å²) in [7, 11) is 0. The molecule has 1 amide bonds. The lowest BCUT2D eigenvalue weighted by Crippen LogP contribution is -2.30. The number of amides is 1. The molecule has 0 aliphatic rings. The van der Waals surface area contributed by atoms with Gasteiger partial charge in [-0.1, -0.05) is 18.2 Å². The van der Waals surface area contributed by atoms with E-state index in [-0.39, 0.29) is 23.8 Å². The SMILES string of the molecule is Cc1ccc(OCC(=O)NCCc2ccc(OC(F)F)cc2)c([N+](=O)[O-])c1. The van der Waals surface area contributed by atoms with Gasteiger partial charge < -0.3 is 14.8 Å². The number of alkyl halides is 2. The molecule has 0 heterocycles. The van der Waals surface area contributed by atoms with Gasteiger partial charge >= 0.3 is 12.3 Å². The number of nitrogens with zero attached hydrogens (tertiary/aromatic N) is 1. The Morgan fingerprint density at radius 3 is 2.56 bits per heavy atom. The third kappa shape index (κ3) is 6.53. The number of nitro groups is 1. The van der Waals surface area contributed by atoms with Gasteiger partial charge in [0, 0.05) is 12.6 Å². The van der Waals surface area contributed by atoms with Crippen LogP contribution in [0.15, 0.2) is 42.5 Å². The molecule has 0 unspecified atom stereocenters. The first-order valence-corrected chi connectivity index (χ1v) is 8.03. The van der Waals surface area contributed by atoms with E-state index in [0.29, 0.717) is 18.5 Å². The average molecular weight is 380 g/mol. The number of hydrogen-bond acceptors (Lipinski definition) is 5. The van der Waals surface area contributed by atoms with E-state index in [4.69, 9.17) is 4.74 Å². The lowest BCUT2D eigenvalue weighted by atomic mass is 10.1. The van der Waals surface area contributed by atoms with Crippen LogP contribution in [0.2, 0.25) is 0 Å². The Bertz CT molecular complexity index is 797. The number of nitro benzene ring substituents is 1. The Kier molecular flexibility index (Phi) is 7.04. The number of aryl methyl sites for hydroxylation is 1. The molecule has 7 nitrogen and oxygen atoms in total. The van der Waals surface area contributed by atoms with Gasteiger partial charge in [0.05, 0.1) is 4.92 Å². The fourth-order valence-electron chi connectivity index (χ4n) is 2.27. The second kappa shape index (κ2) is 9.46. The summed E-state index contributed by atoms with van der Waals surface area (Å²) in [5.41, 5.74) is 1.34. The summed E-state index contributed by atoms with van der Waals surface area (Å²) >= 11 is 0. The van der Waals surface area contributed by atoms with E-state index in [2.05, 4.69) is 10.1 Å². The summed E-state index contributed by atoms with van der Waals surface area (Å²) in [6.45, 7) is -1.21. The number of halogens is 2. The zero-order valence-electron chi connectivity index (χ0n) is 14.5. The maximum atomic E-state index is 12.1. The van der Waals surface area contributed by atoms with Crippen LogP contribution in [0.1, 0.15) is 11.1 Å². The number of rotatable bonds is 9. The van der Waals surface area contributed by atoms with E-state index in [1.807, 2.05) is 0 Å². The van der Waals surface area contributed by atoms with Crippen LogP contribution in [0.5, 0.6) is 11.5 Å². The maximum absolute atomic E-state index is 12.1. The van der Waals surface area contributed by atoms with Crippen LogP contribution in [0.3, 0.4) is 0 Å². The summed E-state index contributed by atoms with van der Waals surface area (Å²) in [6, 6.07) is 10.6. The Morgan fingerprint density at radius 1 is 1.22 bits per heavy atom. The van der Waals surface area contributed by atoms with Gasteiger partial charge in [-0.05, 0) is 42.7 Å². The first kappa shape index (κ1) is 20.1. The number of carbonyl (C=O) groups is 1. The highest BCUT2D eigenvalue weighted by molar-refractivity contribution is 5.77. The van der Waals surface area contributed by atoms with Crippen molar-refractivity contribution in [1.29, 1.82) is 0 Å². The van der Waals surface area contributed by atoms with E-state index < -0.39 is 17.4 Å². The van der Waals surface area contributed by atoms with Crippen LogP contribution in [-0.4, -0.2) is 30.6 Å². The highest BCUT2D eigenvalue weighted by atomic mass is 19.3. The van der Waals surface area contributed by atoms with Gasteiger partial charge in [0.25, 0.3) is 5.91 Å². The number of nitrogens with one attached hydrogen (secondary N) is 1. The fraction of sp³-hybridized carbons (Fsp3) is 0.278. The molecule has 0 spiro atoms. The van der Waals surface area contributed by atoms with Crippen molar-refractivity contribution in [3.63, 3.8) is 0 Å². The fourth-order valence-corrected chi connectivity index (χ4v) is 2.27. The zero-order valence-corrected chi connectivity index (χ0v) is 14.5. The standard InChI is InChI=1S/C18H18F2N2O5/c1-12-2-7-16(15(10-12)22(24)25)26-11-17(23)21-9-8-13-3-5-14(6-4-13)27-18(19)20/h2-7,10,18H,8-9,11H2,1H3,(H,21,23). The molecular formula is C18H18F2N2O5. The summed E-state index contributed by atoms with van der Waals surface area (Å²) < 4.78 is 33.6. The largest absolute Gasteiger partial charge is 0.477 e. The smallest absolute Gasteiger partial charge is 0.387 e. The second-order valence-electron chi connectivity index (χ2n) is 5.64. The Balaban J connectivity index is 1.78. The van der Waals surface area contributed by atoms with E-state index >= 15 is 0 Å². The Morgan fingerprint density at radius 2 is 1.93 bits per heavy atom. The first-order valence-electron chi connectivity index (χ1n) is 8.03. The van der Waals surface area contributed by atoms with Crippen molar-refractivity contribution in [2.75, 3.05) is 13.2 Å². The molecule has 0 saturated carbocycles. The Hall–Kier alpha value is -3.23. The molecule has 0 fully saturated rings. The van der Waals surface area contributed by atoms with E-state index in [1.54, 1.807) is 25.1 Å². The molecule has 0 atom stereocenters. The van der Waals surface area contributed by atoms with Crippen LogP contribution in [0.25, 0.3) is 0 Å². The number of hydrogen-bond donors (Lipinski definition) is 1. The van der Waals surface area contributed by atoms with Crippen LogP contribution in [0, 0.1) is 17.0 Å². The van der Waals surface area contributed by atoms with Crippen LogP contribution < -0.4 is 14.8 Å². The Labute approximate surface area is 154 Å². The van der Waals surface area contributed by atoms with Gasteiger partial charge in [-0.25, -0.2) is 0 Å². The number of carbonyl (C=O) groups excluding carboxylic acids is 1. The van der Waals surface area contributed by atoms with Crippen molar-refractivity contribution >= 4 is 11.6 Å². The molecule has 0 aliphatic carbocycles. The second-order valence-corrected chi connectivity index (χ2v) is 5.64. The normalized spacial score (nSPS) is 10.5. The van der Waals surface area contributed by atoms with Crippen LogP contribution >= 0.6 is 0 Å². The van der Waals surface area contributed by atoms with Gasteiger partial charge in [-0.15, -0.1) is 0 Å². The van der Waals surface area contributed by atoms with E-state index in [1.165, 1.54) is 24.3 Å². The molecule has 2 rings (SSSR count). The summed E-state index contributed by atoms with van der Waals surface area (Å²) in [5.74, 6) is -0.344. The van der Waals surface area contributed by atoms with Crippen molar-refractivity contribution in [1.82, 2.24) is 5.32 Å². The van der Waals surface area contributed by atoms with E-state index in [9.17, 15) is 23.7 Å². The van der Waals surface area contributed by atoms with Crippen molar-refractivity contribution in [2.45, 2.75) is 20.0 Å². The van der Waals surface area contributed by atoms with Crippen molar-refractivity contribution in [3.8, 4) is 11.5 Å². The molecule has 2 aromatic carbocycles. The van der Waals surface area contributed by atoms with Crippen molar-refractivity contribution in [3.05, 3.63) is 63.7 Å². The molecule has 0 aliphatic heterocycles. The number of benzene rings is 2. The summed E-state index contributed by atoms with van der Waals surface area (Å²) in [5, 5.41) is 13.6. The predicted molar refractivity (Wildman–Crippen MR) is 93.1 cm³/mol. The van der Waals surface area contributed by atoms with E-state index in [0.717, 1.165) is 5.56 Å². The number of ether oxygens (including phenoxy) is 2. The quantitative estimate of drug-likeness (QED) is 0.533. The van der Waals surface area contributed by atoms with Crippen LogP contribution in [-0.2, 0) is 11.2 Å². The van der Waals surface area contributed by atoms with Gasteiger partial charge in [0.1, 0.15) is 5.75 Å². The highest BCUT2D eigenvalue weighted by Gasteiger charge is 2.16. The molecule has 27 heavy (non-hydrogen) atoms. The third-order valence-electron chi connectivity index (χ3n) is 3.55. The van der Waals surface area contributed by atoms with Crippen molar-refractivity contribution < 1.29 is 28.0 Å². The van der Waals surface area contributed by atoms with Gasteiger partial charge in [0.15, 0.2) is 12.4 Å². The molecule has 2 aromatic rings. The molecule has 0 aromatic heterocycles. The molecule has 0 saturated heterocycles. The summed E-state index contributed by atoms with van der Waals surface area (Å²) in [6.07, 6.45) is 0.478. The zero-order chi connectivity index (χ0) is 19.8. The maximum Gasteiger partial charge on any atom is 0.387 e. The van der Waals surface area contributed by atoms with Crippen LogP contribution in [0.4, 0.5) is 14.5 Å². The summed E-state index contributed by atoms with van der Waals surface area (Å²) in [4.78, 5) is 22.3.